The molecule has 0 saturated carbocycles. The van der Waals surface area contributed by atoms with Crippen LogP contribution < -0.4 is 10.9 Å². The zero-order valence-electron chi connectivity index (χ0n) is 17.9. The number of pyridine rings is 1. The highest BCUT2D eigenvalue weighted by molar-refractivity contribution is 7.71. The van der Waals surface area contributed by atoms with Gasteiger partial charge in [0.2, 0.25) is 16.5 Å². The summed E-state index contributed by atoms with van der Waals surface area (Å²) < 4.78 is 5.57. The number of benzene rings is 1. The van der Waals surface area contributed by atoms with Crippen LogP contribution in [0, 0.1) is 10.7 Å². The number of halogens is 1. The van der Waals surface area contributed by atoms with Crippen LogP contribution in [-0.2, 0) is 18.5 Å². The minimum absolute atomic E-state index is 0.0680. The van der Waals surface area contributed by atoms with Crippen LogP contribution >= 0.6 is 23.8 Å². The summed E-state index contributed by atoms with van der Waals surface area (Å²) >= 11 is 11.6. The van der Waals surface area contributed by atoms with Crippen molar-refractivity contribution in [3.8, 4) is 0 Å². The van der Waals surface area contributed by atoms with Crippen LogP contribution in [0.4, 0.5) is 5.82 Å². The molecule has 1 aliphatic heterocycles. The van der Waals surface area contributed by atoms with E-state index in [-0.39, 0.29) is 17.4 Å². The lowest BCUT2D eigenvalue weighted by atomic mass is 9.97. The maximum atomic E-state index is 12.8. The van der Waals surface area contributed by atoms with Crippen LogP contribution in [-0.4, -0.2) is 47.6 Å². The standard InChI is InChI=1S/C22H22ClN7O2S/c1-27-20(32)16-6-2-3-7-17(16)30-21(27)26-29(22(30)33)13-28-10-4-5-14(12-28)19(31)25-18-9-8-15(23)11-24-18/h2-3,6-9,11,14H,4-5,10,12-13H2,1H3,(H,24,25,31). The van der Waals surface area contributed by atoms with E-state index in [4.69, 9.17) is 23.8 Å². The molecule has 0 spiro atoms. The Morgan fingerprint density at radius 3 is 2.88 bits per heavy atom. The zero-order valence-corrected chi connectivity index (χ0v) is 19.5. The number of aromatic nitrogens is 5. The first kappa shape index (κ1) is 21.7. The summed E-state index contributed by atoms with van der Waals surface area (Å²) in [7, 11) is 1.70. The third-order valence-corrected chi connectivity index (χ3v) is 6.61. The first-order valence-corrected chi connectivity index (χ1v) is 11.4. The first-order valence-electron chi connectivity index (χ1n) is 10.6. The van der Waals surface area contributed by atoms with Gasteiger partial charge in [-0.1, -0.05) is 23.7 Å². The molecule has 1 aliphatic rings. The maximum absolute atomic E-state index is 12.8. The smallest absolute Gasteiger partial charge is 0.262 e. The Morgan fingerprint density at radius 1 is 1.27 bits per heavy atom. The summed E-state index contributed by atoms with van der Waals surface area (Å²) in [5.74, 6) is 0.731. The van der Waals surface area contributed by atoms with Gasteiger partial charge in [-0.15, -0.1) is 5.10 Å². The van der Waals surface area contributed by atoms with Crippen molar-refractivity contribution in [2.45, 2.75) is 19.5 Å². The van der Waals surface area contributed by atoms with Crippen molar-refractivity contribution in [3.63, 3.8) is 0 Å². The lowest BCUT2D eigenvalue weighted by Gasteiger charge is -2.31. The van der Waals surface area contributed by atoms with Crippen molar-refractivity contribution in [2.75, 3.05) is 18.4 Å². The molecule has 1 fully saturated rings. The van der Waals surface area contributed by atoms with Crippen molar-refractivity contribution in [3.05, 3.63) is 62.7 Å². The molecular formula is C22H22ClN7O2S. The Kier molecular flexibility index (Phi) is 5.73. The van der Waals surface area contributed by atoms with Gasteiger partial charge >= 0.3 is 0 Å². The highest BCUT2D eigenvalue weighted by Gasteiger charge is 2.27. The summed E-state index contributed by atoms with van der Waals surface area (Å²) in [6.07, 6.45) is 3.19. The van der Waals surface area contributed by atoms with Gasteiger partial charge in [-0.25, -0.2) is 9.67 Å². The second kappa shape index (κ2) is 8.69. The molecule has 0 radical (unpaired) electrons. The Balaban J connectivity index is 1.39. The molecule has 0 bridgehead atoms. The fourth-order valence-electron chi connectivity index (χ4n) is 4.30. The fraction of sp³-hybridized carbons (Fsp3) is 0.318. The SMILES string of the molecule is Cn1c(=O)c2ccccc2n2c(=S)n(CN3CCCC(C(=O)Nc4ccc(Cl)cn4)C3)nc12. The van der Waals surface area contributed by atoms with Crippen LogP contribution in [0.5, 0.6) is 0 Å². The average molecular weight is 484 g/mol. The predicted molar refractivity (Wildman–Crippen MR) is 129 cm³/mol. The molecule has 1 amide bonds. The number of para-hydroxylation sites is 1. The Bertz CT molecular complexity index is 1470. The van der Waals surface area contributed by atoms with Crippen LogP contribution in [0.2, 0.25) is 5.02 Å². The molecule has 1 saturated heterocycles. The fourth-order valence-corrected chi connectivity index (χ4v) is 4.69. The number of aryl methyl sites for hydroxylation is 1. The summed E-state index contributed by atoms with van der Waals surface area (Å²) in [6, 6.07) is 10.8. The van der Waals surface area contributed by atoms with Gasteiger partial charge in [-0.3, -0.25) is 23.5 Å². The largest absolute Gasteiger partial charge is 0.310 e. The van der Waals surface area contributed by atoms with Crippen molar-refractivity contribution >= 4 is 52.2 Å². The van der Waals surface area contributed by atoms with E-state index in [1.807, 2.05) is 22.6 Å². The van der Waals surface area contributed by atoms with Gasteiger partial charge in [0, 0.05) is 19.8 Å². The summed E-state index contributed by atoms with van der Waals surface area (Å²) in [6.45, 7) is 1.85. The molecule has 1 unspecified atom stereocenters. The number of piperidine rings is 1. The van der Waals surface area contributed by atoms with Gasteiger partial charge in [0.1, 0.15) is 5.82 Å². The van der Waals surface area contributed by atoms with E-state index in [9.17, 15) is 9.59 Å². The monoisotopic (exact) mass is 483 g/mol. The van der Waals surface area contributed by atoms with E-state index >= 15 is 0 Å². The van der Waals surface area contributed by atoms with Gasteiger partial charge in [-0.2, -0.15) is 0 Å². The first-order chi connectivity index (χ1) is 15.9. The van der Waals surface area contributed by atoms with Crippen molar-refractivity contribution in [2.24, 2.45) is 13.0 Å². The van der Waals surface area contributed by atoms with Crippen molar-refractivity contribution in [1.82, 2.24) is 28.6 Å². The number of fused-ring (bicyclic) bond motifs is 3. The van der Waals surface area contributed by atoms with E-state index in [1.54, 1.807) is 29.9 Å². The number of rotatable bonds is 4. The lowest BCUT2D eigenvalue weighted by Crippen LogP contribution is -2.41. The molecule has 33 heavy (non-hydrogen) atoms. The second-order valence-corrected chi connectivity index (χ2v) is 9.01. The molecule has 9 nitrogen and oxygen atoms in total. The van der Waals surface area contributed by atoms with E-state index < -0.39 is 0 Å². The number of amides is 1. The predicted octanol–water partition coefficient (Wildman–Crippen LogP) is 3.07. The molecule has 170 valence electrons. The van der Waals surface area contributed by atoms with Crippen molar-refractivity contribution < 1.29 is 4.79 Å². The lowest BCUT2D eigenvalue weighted by molar-refractivity contribution is -0.121. The minimum atomic E-state index is -0.174. The van der Waals surface area contributed by atoms with Crippen molar-refractivity contribution in [1.29, 1.82) is 0 Å². The second-order valence-electron chi connectivity index (χ2n) is 8.21. The average Bonchev–Trinajstić information content (AvgIpc) is 3.15. The van der Waals surface area contributed by atoms with Gasteiger partial charge in [0.05, 0.1) is 28.5 Å². The van der Waals surface area contributed by atoms with E-state index in [0.29, 0.717) is 40.0 Å². The van der Waals surface area contributed by atoms with Crippen LogP contribution in [0.3, 0.4) is 0 Å². The number of nitrogens with zero attached hydrogens (tertiary/aromatic N) is 6. The zero-order chi connectivity index (χ0) is 23.1. The maximum Gasteiger partial charge on any atom is 0.262 e. The normalized spacial score (nSPS) is 17.0. The summed E-state index contributed by atoms with van der Waals surface area (Å²) in [4.78, 5) is 31.8. The highest BCUT2D eigenvalue weighted by Crippen LogP contribution is 2.20. The molecule has 11 heteroatoms. The molecule has 5 rings (SSSR count). The Labute approximate surface area is 199 Å². The number of hydrogen-bond acceptors (Lipinski definition) is 6. The van der Waals surface area contributed by atoms with Gasteiger partial charge in [0.25, 0.3) is 5.56 Å². The van der Waals surface area contributed by atoms with Crippen LogP contribution in [0.1, 0.15) is 12.8 Å². The third kappa shape index (κ3) is 4.05. The molecule has 3 aromatic heterocycles. The summed E-state index contributed by atoms with van der Waals surface area (Å²) in [5, 5.41) is 8.62. The summed E-state index contributed by atoms with van der Waals surface area (Å²) in [5.41, 5.74) is 0.619. The molecule has 1 N–H and O–H groups in total. The topological polar surface area (TPSA) is 89.5 Å². The molecule has 1 atom stereocenters. The van der Waals surface area contributed by atoms with Gasteiger partial charge < -0.3 is 5.32 Å². The van der Waals surface area contributed by atoms with Crippen LogP contribution in [0.25, 0.3) is 16.7 Å². The van der Waals surface area contributed by atoms with E-state index in [2.05, 4.69) is 20.3 Å². The quantitative estimate of drug-likeness (QED) is 0.449. The molecule has 4 heterocycles. The molecule has 1 aromatic carbocycles. The van der Waals surface area contributed by atoms with E-state index in [0.717, 1.165) is 24.9 Å². The van der Waals surface area contributed by atoms with Crippen LogP contribution in [0.15, 0.2) is 47.4 Å². The number of carbonyl (C=O) groups excluding carboxylic acids is 1. The number of hydrogen-bond donors (Lipinski definition) is 1. The minimum Gasteiger partial charge on any atom is -0.310 e. The number of anilines is 1. The Morgan fingerprint density at radius 2 is 2.09 bits per heavy atom. The number of nitrogens with one attached hydrogen (secondary N) is 1. The number of carbonyl (C=O) groups is 1. The molecular weight excluding hydrogens is 462 g/mol. The highest BCUT2D eigenvalue weighted by atomic mass is 35.5. The number of likely N-dealkylation sites (tertiary alicyclic amines) is 1. The van der Waals surface area contributed by atoms with Gasteiger partial charge in [0.15, 0.2) is 0 Å². The molecule has 0 aliphatic carbocycles. The Hall–Kier alpha value is -3.08. The van der Waals surface area contributed by atoms with E-state index in [1.165, 1.54) is 10.8 Å². The van der Waals surface area contributed by atoms with Gasteiger partial charge in [-0.05, 0) is 55.9 Å². The third-order valence-electron chi connectivity index (χ3n) is 5.99. The molecule has 4 aromatic rings.